The van der Waals surface area contributed by atoms with Gasteiger partial charge in [0.25, 0.3) is 5.56 Å². The third kappa shape index (κ3) is 3.27. The first-order valence-corrected chi connectivity index (χ1v) is 7.84. The molecule has 0 unspecified atom stereocenters. The van der Waals surface area contributed by atoms with E-state index in [0.717, 1.165) is 9.13 Å². The number of aliphatic imine (C=N–C) groups is 1. The van der Waals surface area contributed by atoms with Crippen LogP contribution in [0.5, 0.6) is 17.4 Å². The Bertz CT molecular complexity index is 1080. The van der Waals surface area contributed by atoms with Crippen molar-refractivity contribution in [3.8, 4) is 17.4 Å². The number of benzene rings is 2. The topological polar surface area (TPSA) is 85.8 Å². The van der Waals surface area contributed by atoms with Gasteiger partial charge in [-0.1, -0.05) is 30.3 Å². The van der Waals surface area contributed by atoms with Crippen molar-refractivity contribution in [3.63, 3.8) is 0 Å². The molecule has 0 aliphatic carbocycles. The summed E-state index contributed by atoms with van der Waals surface area (Å²) in [4.78, 5) is 28.3. The van der Waals surface area contributed by atoms with E-state index in [-0.39, 0.29) is 5.56 Å². The van der Waals surface area contributed by atoms with Crippen LogP contribution in [0, 0.1) is 0 Å². The van der Waals surface area contributed by atoms with E-state index in [4.69, 9.17) is 4.74 Å². The molecule has 1 N–H and O–H groups in total. The molecule has 0 bridgehead atoms. The molecule has 0 amide bonds. The molecule has 0 aliphatic heterocycles. The molecule has 26 heavy (non-hydrogen) atoms. The minimum Gasteiger partial charge on any atom is -0.494 e. The summed E-state index contributed by atoms with van der Waals surface area (Å²) in [6.07, 6.45) is 1.23. The average molecular weight is 351 g/mol. The molecule has 0 radical (unpaired) electrons. The van der Waals surface area contributed by atoms with Gasteiger partial charge in [0.2, 0.25) is 5.88 Å². The molecule has 0 fully saturated rings. The Kier molecular flexibility index (Phi) is 4.70. The van der Waals surface area contributed by atoms with Gasteiger partial charge in [-0.25, -0.2) is 4.79 Å². The second-order valence-corrected chi connectivity index (χ2v) is 5.58. The lowest BCUT2D eigenvalue weighted by Crippen LogP contribution is -2.38. The quantitative estimate of drug-likeness (QED) is 0.731. The van der Waals surface area contributed by atoms with Crippen molar-refractivity contribution in [3.05, 3.63) is 81.0 Å². The standard InChI is InChI=1S/C19H17N3O4/c1-21-17(23)14(18(24)22(2)19(21)25)12-20-15-10-6-7-11-16(15)26-13-8-4-3-5-9-13/h3-12,23H,1-2H3. The van der Waals surface area contributed by atoms with E-state index in [2.05, 4.69) is 4.99 Å². The molecule has 2 aromatic carbocycles. The zero-order valence-corrected chi connectivity index (χ0v) is 14.3. The summed E-state index contributed by atoms with van der Waals surface area (Å²) in [5.74, 6) is 0.704. The first kappa shape index (κ1) is 17.2. The molecule has 3 aromatic rings. The summed E-state index contributed by atoms with van der Waals surface area (Å²) in [5, 5.41) is 10.1. The van der Waals surface area contributed by atoms with Crippen LogP contribution in [-0.2, 0) is 14.1 Å². The van der Waals surface area contributed by atoms with Crippen LogP contribution in [0.4, 0.5) is 5.69 Å². The molecule has 3 rings (SSSR count). The molecule has 7 heteroatoms. The van der Waals surface area contributed by atoms with E-state index >= 15 is 0 Å². The van der Waals surface area contributed by atoms with Gasteiger partial charge in [0, 0.05) is 20.3 Å². The van der Waals surface area contributed by atoms with E-state index in [1.54, 1.807) is 24.3 Å². The fraction of sp³-hybridized carbons (Fsp3) is 0.105. The maximum atomic E-state index is 12.2. The average Bonchev–Trinajstić information content (AvgIpc) is 2.67. The third-order valence-corrected chi connectivity index (χ3v) is 3.84. The number of para-hydroxylation sites is 3. The Balaban J connectivity index is 2.01. The van der Waals surface area contributed by atoms with Crippen LogP contribution in [-0.4, -0.2) is 20.5 Å². The van der Waals surface area contributed by atoms with E-state index < -0.39 is 17.1 Å². The van der Waals surface area contributed by atoms with Crippen molar-refractivity contribution in [1.82, 2.24) is 9.13 Å². The maximum Gasteiger partial charge on any atom is 0.333 e. The maximum absolute atomic E-state index is 12.2. The normalized spacial score (nSPS) is 11.0. The molecule has 0 saturated heterocycles. The molecule has 7 nitrogen and oxygen atoms in total. The number of ether oxygens (including phenoxy) is 1. The van der Waals surface area contributed by atoms with E-state index in [1.165, 1.54) is 20.3 Å². The first-order chi connectivity index (χ1) is 12.5. The van der Waals surface area contributed by atoms with Crippen molar-refractivity contribution >= 4 is 11.9 Å². The highest BCUT2D eigenvalue weighted by Gasteiger charge is 2.13. The van der Waals surface area contributed by atoms with E-state index in [0.29, 0.717) is 17.2 Å². The molecule has 0 atom stereocenters. The molecule has 0 aliphatic rings. The molecular formula is C19H17N3O4. The monoisotopic (exact) mass is 351 g/mol. The minimum absolute atomic E-state index is 0.0795. The van der Waals surface area contributed by atoms with Crippen LogP contribution in [0.2, 0.25) is 0 Å². The molecule has 0 saturated carbocycles. The lowest BCUT2D eigenvalue weighted by atomic mass is 10.3. The summed E-state index contributed by atoms with van der Waals surface area (Å²) in [6.45, 7) is 0. The van der Waals surface area contributed by atoms with Gasteiger partial charge in [-0.05, 0) is 24.3 Å². The zero-order chi connectivity index (χ0) is 18.7. The van der Waals surface area contributed by atoms with E-state index in [1.807, 2.05) is 30.3 Å². The van der Waals surface area contributed by atoms with Crippen molar-refractivity contribution in [2.45, 2.75) is 0 Å². The molecule has 1 aromatic heterocycles. The number of aromatic hydroxyl groups is 1. The number of hydrogen-bond acceptors (Lipinski definition) is 5. The summed E-state index contributed by atoms with van der Waals surface area (Å²) in [6, 6.07) is 16.3. The predicted octanol–water partition coefficient (Wildman–Crippen LogP) is 2.33. The highest BCUT2D eigenvalue weighted by Crippen LogP contribution is 2.31. The van der Waals surface area contributed by atoms with Gasteiger partial charge in [-0.3, -0.25) is 18.9 Å². The van der Waals surface area contributed by atoms with Crippen molar-refractivity contribution < 1.29 is 9.84 Å². The molecule has 1 heterocycles. The third-order valence-electron chi connectivity index (χ3n) is 3.84. The number of hydrogen-bond donors (Lipinski definition) is 1. The van der Waals surface area contributed by atoms with Gasteiger partial charge in [0.15, 0.2) is 5.75 Å². The van der Waals surface area contributed by atoms with Crippen molar-refractivity contribution in [2.24, 2.45) is 19.1 Å². The van der Waals surface area contributed by atoms with Gasteiger partial charge in [0.1, 0.15) is 17.0 Å². The van der Waals surface area contributed by atoms with Gasteiger partial charge in [0.05, 0.1) is 0 Å². The Labute approximate surface area is 149 Å². The lowest BCUT2D eigenvalue weighted by Gasteiger charge is -2.09. The second-order valence-electron chi connectivity index (χ2n) is 5.58. The zero-order valence-electron chi connectivity index (χ0n) is 14.3. The highest BCUT2D eigenvalue weighted by atomic mass is 16.5. The van der Waals surface area contributed by atoms with Gasteiger partial charge in [-0.2, -0.15) is 0 Å². The SMILES string of the molecule is Cn1c(O)c(C=Nc2ccccc2Oc2ccccc2)c(=O)n(C)c1=O. The summed E-state index contributed by atoms with van der Waals surface area (Å²) < 4.78 is 7.70. The summed E-state index contributed by atoms with van der Waals surface area (Å²) >= 11 is 0. The molecular weight excluding hydrogens is 334 g/mol. The molecule has 132 valence electrons. The number of aromatic nitrogens is 2. The summed E-state index contributed by atoms with van der Waals surface area (Å²) in [5.41, 5.74) is -0.843. The predicted molar refractivity (Wildman–Crippen MR) is 98.8 cm³/mol. The van der Waals surface area contributed by atoms with Crippen LogP contribution in [0.3, 0.4) is 0 Å². The van der Waals surface area contributed by atoms with Crippen molar-refractivity contribution in [1.29, 1.82) is 0 Å². The van der Waals surface area contributed by atoms with Crippen molar-refractivity contribution in [2.75, 3.05) is 0 Å². The Morgan fingerprint density at radius 1 is 0.962 bits per heavy atom. The Hall–Kier alpha value is -3.61. The van der Waals surface area contributed by atoms with Crippen LogP contribution >= 0.6 is 0 Å². The summed E-state index contributed by atoms with van der Waals surface area (Å²) in [7, 11) is 2.72. The fourth-order valence-corrected chi connectivity index (χ4v) is 2.37. The van der Waals surface area contributed by atoms with Gasteiger partial charge < -0.3 is 9.84 Å². The fourth-order valence-electron chi connectivity index (χ4n) is 2.37. The smallest absolute Gasteiger partial charge is 0.333 e. The minimum atomic E-state index is -0.629. The second kappa shape index (κ2) is 7.10. The van der Waals surface area contributed by atoms with Crippen LogP contribution < -0.4 is 16.0 Å². The van der Waals surface area contributed by atoms with Crippen LogP contribution in [0.15, 0.2) is 69.2 Å². The van der Waals surface area contributed by atoms with E-state index in [9.17, 15) is 14.7 Å². The van der Waals surface area contributed by atoms with Crippen LogP contribution in [0.25, 0.3) is 0 Å². The number of nitrogens with zero attached hydrogens (tertiary/aromatic N) is 3. The Morgan fingerprint density at radius 3 is 2.35 bits per heavy atom. The van der Waals surface area contributed by atoms with Gasteiger partial charge >= 0.3 is 5.69 Å². The highest BCUT2D eigenvalue weighted by molar-refractivity contribution is 5.84. The largest absolute Gasteiger partial charge is 0.494 e. The lowest BCUT2D eigenvalue weighted by molar-refractivity contribution is 0.410. The number of rotatable bonds is 4. The first-order valence-electron chi connectivity index (χ1n) is 7.84. The van der Waals surface area contributed by atoms with Gasteiger partial charge in [-0.15, -0.1) is 0 Å². The molecule has 0 spiro atoms. The Morgan fingerprint density at radius 2 is 1.62 bits per heavy atom. The van der Waals surface area contributed by atoms with Crippen LogP contribution in [0.1, 0.15) is 5.56 Å².